The Morgan fingerprint density at radius 2 is 2.00 bits per heavy atom. The number of carbonyl (C=O) groups excluding carboxylic acids is 1. The third-order valence-corrected chi connectivity index (χ3v) is 7.03. The van der Waals surface area contributed by atoms with E-state index >= 15 is 0 Å². The van der Waals surface area contributed by atoms with Crippen LogP contribution in [0.5, 0.6) is 0 Å². The second-order valence-electron chi connectivity index (χ2n) is 11.3. The first-order valence-corrected chi connectivity index (χ1v) is 13.0. The van der Waals surface area contributed by atoms with Gasteiger partial charge in [0.2, 0.25) is 5.95 Å². The standard InChI is InChI=1S/C28H37N7O/c1-28(2,3)18-30-27-29-16-22-21(7-5-6-8-24(22)33-27)19-9-14-35-25(15-19)23(17-31-35)26(36)32-20-10-12-34(4)13-11-20/h7,9,14-17,20H,5-6,8,10-13,18H2,1-4H3,(H,32,36)(H,29,30,33). The van der Waals surface area contributed by atoms with E-state index in [0.29, 0.717) is 11.5 Å². The van der Waals surface area contributed by atoms with Gasteiger partial charge in [-0.05, 0) is 80.9 Å². The molecule has 2 N–H and O–H groups in total. The van der Waals surface area contributed by atoms with E-state index in [1.165, 1.54) is 0 Å². The van der Waals surface area contributed by atoms with Crippen LogP contribution in [0.1, 0.15) is 73.6 Å². The van der Waals surface area contributed by atoms with Gasteiger partial charge in [0.05, 0.1) is 23.0 Å². The molecule has 0 unspecified atom stereocenters. The molecule has 1 saturated heterocycles. The second-order valence-corrected chi connectivity index (χ2v) is 11.3. The summed E-state index contributed by atoms with van der Waals surface area (Å²) in [6, 6.07) is 4.34. The highest BCUT2D eigenvalue weighted by atomic mass is 16.1. The van der Waals surface area contributed by atoms with Gasteiger partial charge in [-0.2, -0.15) is 5.10 Å². The van der Waals surface area contributed by atoms with Crippen molar-refractivity contribution in [2.24, 2.45) is 5.41 Å². The van der Waals surface area contributed by atoms with Gasteiger partial charge in [-0.1, -0.05) is 26.8 Å². The molecule has 1 fully saturated rings. The number of allylic oxidation sites excluding steroid dienone is 1. The predicted molar refractivity (Wildman–Crippen MR) is 143 cm³/mol. The van der Waals surface area contributed by atoms with Crippen LogP contribution in [-0.4, -0.2) is 63.1 Å². The van der Waals surface area contributed by atoms with Crippen molar-refractivity contribution in [1.82, 2.24) is 29.8 Å². The highest BCUT2D eigenvalue weighted by Gasteiger charge is 2.22. The molecule has 1 aliphatic heterocycles. The summed E-state index contributed by atoms with van der Waals surface area (Å²) in [5.41, 5.74) is 5.89. The van der Waals surface area contributed by atoms with Crippen LogP contribution >= 0.6 is 0 Å². The van der Waals surface area contributed by atoms with E-state index in [1.807, 2.05) is 12.4 Å². The van der Waals surface area contributed by atoms with Crippen molar-refractivity contribution in [2.75, 3.05) is 32.0 Å². The second kappa shape index (κ2) is 10.0. The van der Waals surface area contributed by atoms with Crippen LogP contribution in [0.25, 0.3) is 11.1 Å². The maximum absolute atomic E-state index is 13.2. The van der Waals surface area contributed by atoms with Crippen molar-refractivity contribution < 1.29 is 4.79 Å². The lowest BCUT2D eigenvalue weighted by Gasteiger charge is -2.29. The number of anilines is 1. The molecule has 1 amide bonds. The zero-order valence-corrected chi connectivity index (χ0v) is 21.8. The topological polar surface area (TPSA) is 87.5 Å². The molecule has 4 heterocycles. The number of aryl methyl sites for hydroxylation is 1. The molecule has 8 nitrogen and oxygen atoms in total. The first-order valence-electron chi connectivity index (χ1n) is 13.0. The number of pyridine rings is 1. The van der Waals surface area contributed by atoms with E-state index in [-0.39, 0.29) is 17.4 Å². The molecule has 2 aliphatic rings. The summed E-state index contributed by atoms with van der Waals surface area (Å²) in [5.74, 6) is 0.633. The van der Waals surface area contributed by atoms with Crippen LogP contribution in [-0.2, 0) is 6.42 Å². The molecule has 3 aromatic rings. The van der Waals surface area contributed by atoms with Gasteiger partial charge in [-0.25, -0.2) is 14.5 Å². The summed E-state index contributed by atoms with van der Waals surface area (Å²) in [6.45, 7) is 9.41. The predicted octanol–water partition coefficient (Wildman–Crippen LogP) is 4.17. The summed E-state index contributed by atoms with van der Waals surface area (Å²) in [6.07, 6.45) is 12.7. The minimum atomic E-state index is -0.0511. The Balaban J connectivity index is 1.41. The van der Waals surface area contributed by atoms with Gasteiger partial charge in [0, 0.05) is 30.5 Å². The number of carbonyl (C=O) groups is 1. The number of nitrogens with zero attached hydrogens (tertiary/aromatic N) is 5. The van der Waals surface area contributed by atoms with Gasteiger partial charge >= 0.3 is 0 Å². The summed E-state index contributed by atoms with van der Waals surface area (Å²) in [5, 5.41) is 11.1. The molecular formula is C28H37N7O. The van der Waals surface area contributed by atoms with Gasteiger partial charge in [-0.3, -0.25) is 4.79 Å². The Morgan fingerprint density at radius 1 is 1.19 bits per heavy atom. The van der Waals surface area contributed by atoms with Crippen molar-refractivity contribution in [1.29, 1.82) is 0 Å². The molecule has 0 atom stereocenters. The molecule has 0 spiro atoms. The Bertz CT molecular complexity index is 1280. The van der Waals surface area contributed by atoms with Crippen LogP contribution in [0, 0.1) is 5.41 Å². The third-order valence-electron chi connectivity index (χ3n) is 7.03. The van der Waals surface area contributed by atoms with Gasteiger partial charge in [-0.15, -0.1) is 0 Å². The Labute approximate surface area is 213 Å². The van der Waals surface area contributed by atoms with Crippen molar-refractivity contribution in [3.63, 3.8) is 0 Å². The number of rotatable bonds is 5. The van der Waals surface area contributed by atoms with Crippen LogP contribution in [0.2, 0.25) is 0 Å². The van der Waals surface area contributed by atoms with Crippen molar-refractivity contribution in [3.05, 3.63) is 59.2 Å². The molecule has 5 rings (SSSR count). The fraction of sp³-hybridized carbons (Fsp3) is 0.500. The fourth-order valence-corrected chi connectivity index (χ4v) is 4.90. The van der Waals surface area contributed by atoms with Crippen LogP contribution in [0.3, 0.4) is 0 Å². The fourth-order valence-electron chi connectivity index (χ4n) is 4.90. The van der Waals surface area contributed by atoms with E-state index in [2.05, 4.69) is 71.6 Å². The van der Waals surface area contributed by atoms with E-state index in [9.17, 15) is 4.79 Å². The number of piperidine rings is 1. The number of nitrogens with one attached hydrogen (secondary N) is 2. The summed E-state index contributed by atoms with van der Waals surface area (Å²) < 4.78 is 1.78. The van der Waals surface area contributed by atoms with Gasteiger partial charge < -0.3 is 15.5 Å². The monoisotopic (exact) mass is 487 g/mol. The Hall–Kier alpha value is -3.26. The van der Waals surface area contributed by atoms with Crippen LogP contribution < -0.4 is 10.6 Å². The van der Waals surface area contributed by atoms with E-state index < -0.39 is 0 Å². The van der Waals surface area contributed by atoms with Crippen LogP contribution in [0.4, 0.5) is 5.95 Å². The number of amides is 1. The summed E-state index contributed by atoms with van der Waals surface area (Å²) in [4.78, 5) is 25.0. The smallest absolute Gasteiger partial charge is 0.255 e. The van der Waals surface area contributed by atoms with Gasteiger partial charge in [0.15, 0.2) is 0 Å². The lowest BCUT2D eigenvalue weighted by atomic mass is 9.97. The highest BCUT2D eigenvalue weighted by Crippen LogP contribution is 2.31. The molecule has 190 valence electrons. The zero-order valence-electron chi connectivity index (χ0n) is 21.8. The number of hydrogen-bond donors (Lipinski definition) is 2. The SMILES string of the molecule is CN1CCC(NC(=O)c2cnn3ccc(C4=CCCCc5nc(NCC(C)(C)C)ncc54)cc23)CC1. The molecule has 0 radical (unpaired) electrons. The quantitative estimate of drug-likeness (QED) is 0.562. The Morgan fingerprint density at radius 3 is 2.78 bits per heavy atom. The van der Waals surface area contributed by atoms with E-state index in [1.54, 1.807) is 10.7 Å². The van der Waals surface area contributed by atoms with Gasteiger partial charge in [0.1, 0.15) is 0 Å². The maximum atomic E-state index is 13.2. The number of hydrogen-bond acceptors (Lipinski definition) is 6. The van der Waals surface area contributed by atoms with Gasteiger partial charge in [0.25, 0.3) is 5.91 Å². The summed E-state index contributed by atoms with van der Waals surface area (Å²) in [7, 11) is 2.12. The first kappa shape index (κ1) is 24.4. The average Bonchev–Trinajstić information content (AvgIpc) is 3.16. The normalized spacial score (nSPS) is 17.4. The minimum absolute atomic E-state index is 0.0511. The average molecular weight is 488 g/mol. The van der Waals surface area contributed by atoms with E-state index in [4.69, 9.17) is 4.98 Å². The third kappa shape index (κ3) is 5.43. The van der Waals surface area contributed by atoms with Crippen molar-refractivity contribution in [2.45, 2.75) is 58.9 Å². The molecule has 36 heavy (non-hydrogen) atoms. The van der Waals surface area contributed by atoms with Crippen molar-refractivity contribution in [3.8, 4) is 0 Å². The lowest BCUT2D eigenvalue weighted by molar-refractivity contribution is 0.0918. The zero-order chi connectivity index (χ0) is 25.3. The largest absolute Gasteiger partial charge is 0.354 e. The molecule has 0 saturated carbocycles. The molecule has 0 bridgehead atoms. The molecular weight excluding hydrogens is 450 g/mol. The summed E-state index contributed by atoms with van der Waals surface area (Å²) >= 11 is 0. The minimum Gasteiger partial charge on any atom is -0.354 e. The first-order chi connectivity index (χ1) is 17.3. The maximum Gasteiger partial charge on any atom is 0.255 e. The Kier molecular flexibility index (Phi) is 6.79. The van der Waals surface area contributed by atoms with E-state index in [0.717, 1.165) is 79.6 Å². The number of fused-ring (bicyclic) bond motifs is 2. The number of aromatic nitrogens is 4. The highest BCUT2D eigenvalue weighted by molar-refractivity contribution is 6.01. The lowest BCUT2D eigenvalue weighted by Crippen LogP contribution is -2.43. The molecule has 1 aliphatic carbocycles. The number of likely N-dealkylation sites (tertiary alicyclic amines) is 1. The molecule has 3 aromatic heterocycles. The van der Waals surface area contributed by atoms with Crippen molar-refractivity contribution >= 4 is 22.9 Å². The molecule has 0 aromatic carbocycles. The molecule has 8 heteroatoms. The van der Waals surface area contributed by atoms with Crippen LogP contribution in [0.15, 0.2) is 36.8 Å².